The Hall–Kier alpha value is -1.35. The van der Waals surface area contributed by atoms with Crippen LogP contribution in [-0.2, 0) is 11.3 Å². The Morgan fingerprint density at radius 2 is 1.68 bits per heavy atom. The molecule has 0 fully saturated rings. The van der Waals surface area contributed by atoms with Gasteiger partial charge in [-0.2, -0.15) is 0 Å². The van der Waals surface area contributed by atoms with Crippen LogP contribution in [0.2, 0.25) is 0 Å². The van der Waals surface area contributed by atoms with Crippen molar-refractivity contribution in [1.29, 1.82) is 0 Å². The van der Waals surface area contributed by atoms with Crippen LogP contribution in [0.1, 0.15) is 46.1 Å². The van der Waals surface area contributed by atoms with Gasteiger partial charge in [0.05, 0.1) is 0 Å². The van der Waals surface area contributed by atoms with Crippen molar-refractivity contribution >= 4 is 5.97 Å². The summed E-state index contributed by atoms with van der Waals surface area (Å²) < 4.78 is 0. The Morgan fingerprint density at radius 1 is 1.11 bits per heavy atom. The smallest absolute Gasteiger partial charge is 0.323 e. The van der Waals surface area contributed by atoms with E-state index in [0.29, 0.717) is 13.0 Å². The van der Waals surface area contributed by atoms with Crippen molar-refractivity contribution in [1.82, 2.24) is 5.32 Å². The molecule has 0 saturated carbocycles. The predicted molar refractivity (Wildman–Crippen MR) is 78.0 cm³/mol. The first kappa shape index (κ1) is 15.7. The van der Waals surface area contributed by atoms with Crippen LogP contribution in [0.5, 0.6) is 0 Å². The summed E-state index contributed by atoms with van der Waals surface area (Å²) in [7, 11) is 0. The summed E-state index contributed by atoms with van der Waals surface area (Å²) in [5, 5.41) is 12.6. The van der Waals surface area contributed by atoms with E-state index in [9.17, 15) is 9.90 Å². The van der Waals surface area contributed by atoms with Gasteiger partial charge in [-0.1, -0.05) is 51.1 Å². The average Bonchev–Trinajstić information content (AvgIpc) is 2.34. The molecular formula is C16H25NO2. The van der Waals surface area contributed by atoms with Gasteiger partial charge in [0.2, 0.25) is 0 Å². The fourth-order valence-corrected chi connectivity index (χ4v) is 1.79. The van der Waals surface area contributed by atoms with Crippen molar-refractivity contribution in [3.8, 4) is 0 Å². The third kappa shape index (κ3) is 5.43. The number of carbonyl (C=O) groups is 1. The fourth-order valence-electron chi connectivity index (χ4n) is 1.79. The molecule has 1 aromatic carbocycles. The van der Waals surface area contributed by atoms with E-state index in [0.717, 1.165) is 12.0 Å². The van der Waals surface area contributed by atoms with Crippen molar-refractivity contribution in [2.24, 2.45) is 5.41 Å². The monoisotopic (exact) mass is 263 g/mol. The summed E-state index contributed by atoms with van der Waals surface area (Å²) in [5.74, 6) is -0.785. The van der Waals surface area contributed by atoms with Crippen LogP contribution in [0.15, 0.2) is 30.3 Å². The van der Waals surface area contributed by atoms with E-state index in [2.05, 4.69) is 26.1 Å². The summed E-state index contributed by atoms with van der Waals surface area (Å²) in [6.45, 7) is 8.74. The Bertz CT molecular complexity index is 409. The molecule has 0 heterocycles. The second-order valence-electron chi connectivity index (χ2n) is 6.54. The Balaban J connectivity index is 2.64. The Morgan fingerprint density at radius 3 is 2.16 bits per heavy atom. The molecule has 2 N–H and O–H groups in total. The zero-order valence-corrected chi connectivity index (χ0v) is 12.4. The van der Waals surface area contributed by atoms with Gasteiger partial charge >= 0.3 is 5.97 Å². The third-order valence-electron chi connectivity index (χ3n) is 3.37. The van der Waals surface area contributed by atoms with Crippen molar-refractivity contribution in [2.75, 3.05) is 0 Å². The molecule has 0 radical (unpaired) electrons. The van der Waals surface area contributed by atoms with Crippen LogP contribution in [0.25, 0.3) is 0 Å². The lowest BCUT2D eigenvalue weighted by Crippen LogP contribution is -2.49. The maximum Gasteiger partial charge on any atom is 0.323 e. The number of hydrogen-bond donors (Lipinski definition) is 2. The molecule has 1 atom stereocenters. The van der Waals surface area contributed by atoms with Gasteiger partial charge in [-0.15, -0.1) is 0 Å². The number of nitrogens with one attached hydrogen (secondary N) is 1. The molecule has 1 unspecified atom stereocenters. The van der Waals surface area contributed by atoms with Gasteiger partial charge < -0.3 is 5.11 Å². The molecule has 3 nitrogen and oxygen atoms in total. The minimum absolute atomic E-state index is 0.144. The summed E-state index contributed by atoms with van der Waals surface area (Å²) in [5.41, 5.74) is 0.375. The predicted octanol–water partition coefficient (Wildman–Crippen LogP) is 3.45. The minimum atomic E-state index is -0.872. The second-order valence-corrected chi connectivity index (χ2v) is 6.54. The first-order chi connectivity index (χ1) is 8.73. The first-order valence-electron chi connectivity index (χ1n) is 6.75. The lowest BCUT2D eigenvalue weighted by atomic mass is 9.84. The molecule has 1 rings (SSSR count). The molecule has 0 bridgehead atoms. The quantitative estimate of drug-likeness (QED) is 0.826. The van der Waals surface area contributed by atoms with Gasteiger partial charge in [-0.05, 0) is 30.7 Å². The molecule has 0 aromatic heterocycles. The number of hydrogen-bond acceptors (Lipinski definition) is 2. The molecular weight excluding hydrogens is 238 g/mol. The van der Waals surface area contributed by atoms with Crippen LogP contribution in [-0.4, -0.2) is 16.6 Å². The standard InChI is InChI=1S/C16H25NO2/c1-15(2,3)10-11-16(4,14(18)19)17-12-13-8-6-5-7-9-13/h5-9,17H,10-12H2,1-4H3,(H,18,19). The van der Waals surface area contributed by atoms with Crippen molar-refractivity contribution in [3.05, 3.63) is 35.9 Å². The molecule has 0 aliphatic heterocycles. The Kier molecular flexibility index (Phi) is 5.12. The molecule has 0 aliphatic carbocycles. The van der Waals surface area contributed by atoms with Gasteiger partial charge in [-0.25, -0.2) is 0 Å². The highest BCUT2D eigenvalue weighted by Crippen LogP contribution is 2.26. The number of benzene rings is 1. The summed E-state index contributed by atoms with van der Waals surface area (Å²) in [4.78, 5) is 11.5. The molecule has 0 saturated heterocycles. The van der Waals surface area contributed by atoms with Crippen molar-refractivity contribution in [3.63, 3.8) is 0 Å². The minimum Gasteiger partial charge on any atom is -0.480 e. The van der Waals surface area contributed by atoms with Crippen LogP contribution < -0.4 is 5.32 Å². The van der Waals surface area contributed by atoms with E-state index in [1.165, 1.54) is 0 Å². The average molecular weight is 263 g/mol. The maximum atomic E-state index is 11.5. The highest BCUT2D eigenvalue weighted by atomic mass is 16.4. The van der Waals surface area contributed by atoms with E-state index in [4.69, 9.17) is 0 Å². The normalized spacial score (nSPS) is 14.9. The molecule has 19 heavy (non-hydrogen) atoms. The maximum absolute atomic E-state index is 11.5. The molecule has 0 spiro atoms. The van der Waals surface area contributed by atoms with Crippen LogP contribution in [0, 0.1) is 5.41 Å². The van der Waals surface area contributed by atoms with E-state index in [1.807, 2.05) is 30.3 Å². The van der Waals surface area contributed by atoms with Crippen LogP contribution in [0.3, 0.4) is 0 Å². The van der Waals surface area contributed by atoms with E-state index in [-0.39, 0.29) is 5.41 Å². The highest BCUT2D eigenvalue weighted by molar-refractivity contribution is 5.78. The molecule has 3 heteroatoms. The fraction of sp³-hybridized carbons (Fsp3) is 0.562. The van der Waals surface area contributed by atoms with Crippen LogP contribution in [0.4, 0.5) is 0 Å². The summed E-state index contributed by atoms with van der Waals surface area (Å²) in [6, 6.07) is 9.88. The van der Waals surface area contributed by atoms with Crippen molar-refractivity contribution in [2.45, 2.75) is 52.6 Å². The highest BCUT2D eigenvalue weighted by Gasteiger charge is 2.33. The number of rotatable bonds is 6. The van der Waals surface area contributed by atoms with Gasteiger partial charge in [0, 0.05) is 6.54 Å². The van der Waals surface area contributed by atoms with Gasteiger partial charge in [0.1, 0.15) is 5.54 Å². The number of carboxylic acids is 1. The van der Waals surface area contributed by atoms with Gasteiger partial charge in [0.15, 0.2) is 0 Å². The number of aliphatic carboxylic acids is 1. The molecule has 106 valence electrons. The number of carboxylic acid groups (broad SMARTS) is 1. The topological polar surface area (TPSA) is 49.3 Å². The zero-order chi connectivity index (χ0) is 14.5. The summed E-state index contributed by atoms with van der Waals surface area (Å²) in [6.07, 6.45) is 1.50. The lowest BCUT2D eigenvalue weighted by molar-refractivity contribution is -0.144. The Labute approximate surface area is 116 Å². The first-order valence-corrected chi connectivity index (χ1v) is 6.75. The molecule has 1 aromatic rings. The second kappa shape index (κ2) is 6.20. The van der Waals surface area contributed by atoms with E-state index in [1.54, 1.807) is 6.92 Å². The summed E-state index contributed by atoms with van der Waals surface area (Å²) >= 11 is 0. The largest absolute Gasteiger partial charge is 0.480 e. The zero-order valence-electron chi connectivity index (χ0n) is 12.4. The van der Waals surface area contributed by atoms with Gasteiger partial charge in [0.25, 0.3) is 0 Å². The van der Waals surface area contributed by atoms with Crippen molar-refractivity contribution < 1.29 is 9.90 Å². The molecule has 0 aliphatic rings. The van der Waals surface area contributed by atoms with E-state index < -0.39 is 11.5 Å². The van der Waals surface area contributed by atoms with E-state index >= 15 is 0 Å². The SMILES string of the molecule is CC(C)(C)CCC(C)(NCc1ccccc1)C(=O)O. The molecule has 0 amide bonds. The third-order valence-corrected chi connectivity index (χ3v) is 3.37. The van der Waals surface area contributed by atoms with Crippen LogP contribution >= 0.6 is 0 Å². The lowest BCUT2D eigenvalue weighted by Gasteiger charge is -2.30. The van der Waals surface area contributed by atoms with Gasteiger partial charge in [-0.3, -0.25) is 10.1 Å².